The lowest BCUT2D eigenvalue weighted by atomic mass is 9.41. The molecule has 4 aliphatic carbocycles. The Kier molecular flexibility index (Phi) is 5.17. The molecule has 37 heavy (non-hydrogen) atoms. The normalized spacial score (nSPS) is 66.8. The number of aliphatic hydroxyl groups excluding tert-OH is 4. The van der Waals surface area contributed by atoms with Gasteiger partial charge in [-0.1, -0.05) is 13.8 Å². The average molecular weight is 524 g/mol. The highest BCUT2D eigenvalue weighted by atomic mass is 16.6. The van der Waals surface area contributed by atoms with Gasteiger partial charge >= 0.3 is 0 Å². The lowest BCUT2D eigenvalue weighted by molar-refractivity contribution is -0.408. The minimum absolute atomic E-state index is 0.0636. The summed E-state index contributed by atoms with van der Waals surface area (Å²) in [6.45, 7) is 7.63. The third-order valence-corrected chi connectivity index (χ3v) is 13.4. The molecule has 210 valence electrons. The van der Waals surface area contributed by atoms with E-state index < -0.39 is 75.9 Å². The maximum atomic E-state index is 12.6. The quantitative estimate of drug-likeness (QED) is 0.221. The predicted molar refractivity (Wildman–Crippen MR) is 131 cm³/mol. The number of fused-ring (bicyclic) bond motifs is 5. The van der Waals surface area contributed by atoms with Crippen LogP contribution in [-0.2, 0) is 4.74 Å². The molecule has 7 fully saturated rings. The van der Waals surface area contributed by atoms with Crippen LogP contribution in [0.3, 0.4) is 0 Å². The SMILES string of the molecule is C[C@H]1CC[C@@H]2N(C1)C[C@@H]1[C@H]([C@@H](O)[C@@H](O)[C@@]3(O)[C@H]4[C@@H](O)C[C@@H]5[C@]6(O)OC[C@]4(C[C@@H]13)[C@]5(C)CC[C@H]6O)[C@]2(C)O. The Hall–Kier alpha value is -0.360. The van der Waals surface area contributed by atoms with Crippen molar-refractivity contribution in [3.05, 3.63) is 0 Å². The van der Waals surface area contributed by atoms with Crippen LogP contribution < -0.4 is 0 Å². The third-order valence-electron chi connectivity index (χ3n) is 13.4. The van der Waals surface area contributed by atoms with Gasteiger partial charge in [-0.25, -0.2) is 0 Å². The fourth-order valence-electron chi connectivity index (χ4n) is 11.8. The van der Waals surface area contributed by atoms with Crippen LogP contribution in [0.4, 0.5) is 0 Å². The van der Waals surface area contributed by atoms with Gasteiger partial charge in [0.1, 0.15) is 17.8 Å². The molecule has 7 N–H and O–H groups in total. The topological polar surface area (TPSA) is 154 Å². The monoisotopic (exact) mass is 523 g/mol. The van der Waals surface area contributed by atoms with Gasteiger partial charge in [0.05, 0.1) is 24.4 Å². The first-order valence-electron chi connectivity index (χ1n) is 14.5. The molecule has 3 heterocycles. The van der Waals surface area contributed by atoms with E-state index >= 15 is 0 Å². The molecule has 0 aromatic rings. The van der Waals surface area contributed by atoms with E-state index in [0.29, 0.717) is 31.7 Å². The summed E-state index contributed by atoms with van der Waals surface area (Å²) in [4.78, 5) is 2.33. The second-order valence-electron chi connectivity index (χ2n) is 14.7. The van der Waals surface area contributed by atoms with Crippen LogP contribution in [0.15, 0.2) is 0 Å². The van der Waals surface area contributed by atoms with Gasteiger partial charge in [0.25, 0.3) is 0 Å². The number of ether oxygens (including phenoxy) is 1. The molecule has 0 radical (unpaired) electrons. The Morgan fingerprint density at radius 1 is 0.946 bits per heavy atom. The van der Waals surface area contributed by atoms with Gasteiger partial charge in [0, 0.05) is 42.3 Å². The van der Waals surface area contributed by atoms with E-state index in [1.807, 2.05) is 0 Å². The largest absolute Gasteiger partial charge is 0.393 e. The summed E-state index contributed by atoms with van der Waals surface area (Å²) in [5.74, 6) is -3.85. The van der Waals surface area contributed by atoms with E-state index in [2.05, 4.69) is 18.7 Å². The van der Waals surface area contributed by atoms with Crippen LogP contribution in [0.2, 0.25) is 0 Å². The van der Waals surface area contributed by atoms with Crippen LogP contribution in [-0.4, -0.2) is 108 Å². The molecule has 0 amide bonds. The maximum absolute atomic E-state index is 12.6. The molecular weight excluding hydrogens is 478 g/mol. The van der Waals surface area contributed by atoms with E-state index in [-0.39, 0.29) is 25.0 Å². The van der Waals surface area contributed by atoms with Gasteiger partial charge < -0.3 is 40.5 Å². The van der Waals surface area contributed by atoms with Gasteiger partial charge in [-0.15, -0.1) is 0 Å². The minimum Gasteiger partial charge on any atom is -0.393 e. The number of nitrogens with zero attached hydrogens (tertiary/aromatic N) is 1. The van der Waals surface area contributed by atoms with E-state index in [9.17, 15) is 35.7 Å². The molecule has 4 saturated carbocycles. The Bertz CT molecular complexity index is 980. The highest BCUT2D eigenvalue weighted by Crippen LogP contribution is 2.77. The van der Waals surface area contributed by atoms with Crippen LogP contribution >= 0.6 is 0 Å². The van der Waals surface area contributed by atoms with Crippen LogP contribution in [0.5, 0.6) is 0 Å². The summed E-state index contributed by atoms with van der Waals surface area (Å²) in [7, 11) is 0. The average Bonchev–Trinajstić information content (AvgIpc) is 3.11. The molecule has 4 bridgehead atoms. The van der Waals surface area contributed by atoms with Crippen molar-refractivity contribution >= 4 is 0 Å². The molecule has 16 atom stereocenters. The Morgan fingerprint density at radius 3 is 2.41 bits per heavy atom. The summed E-state index contributed by atoms with van der Waals surface area (Å²) in [5, 5.41) is 81.6. The van der Waals surface area contributed by atoms with Gasteiger partial charge in [0.15, 0.2) is 5.79 Å². The molecule has 1 spiro atoms. The lowest BCUT2D eigenvalue weighted by Crippen LogP contribution is -2.78. The first-order chi connectivity index (χ1) is 17.2. The van der Waals surface area contributed by atoms with Gasteiger partial charge in [0.2, 0.25) is 0 Å². The Labute approximate surface area is 218 Å². The van der Waals surface area contributed by atoms with E-state index in [4.69, 9.17) is 4.74 Å². The summed E-state index contributed by atoms with van der Waals surface area (Å²) in [5.41, 5.74) is -4.27. The number of rotatable bonds is 0. The van der Waals surface area contributed by atoms with Crippen molar-refractivity contribution in [3.8, 4) is 0 Å². The number of hydrogen-bond acceptors (Lipinski definition) is 9. The highest BCUT2D eigenvalue weighted by Gasteiger charge is 2.82. The van der Waals surface area contributed by atoms with Crippen molar-refractivity contribution in [1.29, 1.82) is 0 Å². The Morgan fingerprint density at radius 2 is 1.68 bits per heavy atom. The molecule has 0 aromatic heterocycles. The molecular formula is C28H45NO8. The smallest absolute Gasteiger partial charge is 0.195 e. The van der Waals surface area contributed by atoms with Crippen molar-refractivity contribution in [2.45, 2.75) is 107 Å². The fraction of sp³-hybridized carbons (Fsp3) is 1.00. The first kappa shape index (κ1) is 25.6. The molecule has 9 nitrogen and oxygen atoms in total. The molecule has 3 aliphatic heterocycles. The van der Waals surface area contributed by atoms with Gasteiger partial charge in [-0.3, -0.25) is 4.90 Å². The molecule has 0 aromatic carbocycles. The van der Waals surface area contributed by atoms with Crippen molar-refractivity contribution in [2.24, 2.45) is 46.3 Å². The number of hydrogen-bond donors (Lipinski definition) is 7. The van der Waals surface area contributed by atoms with E-state index in [1.165, 1.54) is 0 Å². The molecule has 7 rings (SSSR count). The zero-order valence-corrected chi connectivity index (χ0v) is 22.2. The van der Waals surface area contributed by atoms with Gasteiger partial charge in [-0.05, 0) is 68.6 Å². The van der Waals surface area contributed by atoms with E-state index in [0.717, 1.165) is 19.4 Å². The second-order valence-corrected chi connectivity index (χ2v) is 14.7. The highest BCUT2D eigenvalue weighted by molar-refractivity contribution is 5.30. The van der Waals surface area contributed by atoms with Crippen LogP contribution in [0.1, 0.15) is 59.3 Å². The zero-order valence-electron chi connectivity index (χ0n) is 22.2. The molecule has 3 saturated heterocycles. The molecule has 7 aliphatic rings. The maximum Gasteiger partial charge on any atom is 0.195 e. The minimum atomic E-state index is -1.76. The second kappa shape index (κ2) is 7.47. The predicted octanol–water partition coefficient (Wildman–Crippen LogP) is -0.566. The van der Waals surface area contributed by atoms with Crippen LogP contribution in [0.25, 0.3) is 0 Å². The van der Waals surface area contributed by atoms with Gasteiger partial charge in [-0.2, -0.15) is 0 Å². The zero-order chi connectivity index (χ0) is 26.5. The third kappa shape index (κ3) is 2.73. The first-order valence-corrected chi connectivity index (χ1v) is 14.5. The van der Waals surface area contributed by atoms with Crippen molar-refractivity contribution in [1.82, 2.24) is 4.90 Å². The Balaban J connectivity index is 1.36. The van der Waals surface area contributed by atoms with Crippen molar-refractivity contribution in [3.63, 3.8) is 0 Å². The standard InChI is InChI=1S/C28H45NO8/c1-13-4-5-18-25(3,34)20-14(11-29(18)10-13)15-9-26-12-37-28(36)17(24(26,2)7-6-19(28)31)8-16(30)22(26)27(15,35)23(33)21(20)32/h13-23,30-36H,4-12H2,1-3H3/t13-,14-,15-,16-,17-,18-,19+,20+,21+,22-,23+,24+,25+,26-,27-,28-/m0/s1. The molecule has 9 heteroatoms. The summed E-state index contributed by atoms with van der Waals surface area (Å²) in [6.07, 6.45) is -1.49. The summed E-state index contributed by atoms with van der Waals surface area (Å²) in [6, 6.07) is -0.111. The number of piperidine rings is 2. The van der Waals surface area contributed by atoms with Crippen molar-refractivity contribution in [2.75, 3.05) is 19.7 Å². The number of aliphatic hydroxyl groups is 7. The summed E-state index contributed by atoms with van der Waals surface area (Å²) >= 11 is 0. The molecule has 0 unspecified atom stereocenters. The van der Waals surface area contributed by atoms with E-state index in [1.54, 1.807) is 6.92 Å². The summed E-state index contributed by atoms with van der Waals surface area (Å²) < 4.78 is 6.10. The van der Waals surface area contributed by atoms with Crippen LogP contribution in [0, 0.1) is 46.3 Å². The fourth-order valence-corrected chi connectivity index (χ4v) is 11.8. The van der Waals surface area contributed by atoms with Crippen molar-refractivity contribution < 1.29 is 40.5 Å². The lowest BCUT2D eigenvalue weighted by Gasteiger charge is -2.70.